The van der Waals surface area contributed by atoms with Gasteiger partial charge in [0.05, 0.1) is 16.5 Å². The normalized spacial score (nSPS) is 15.1. The maximum atomic E-state index is 14.2. The van der Waals surface area contributed by atoms with Gasteiger partial charge >= 0.3 is 0 Å². The molecule has 0 unspecified atom stereocenters. The average Bonchev–Trinajstić information content (AvgIpc) is 2.61. The van der Waals surface area contributed by atoms with Crippen LogP contribution in [0, 0.1) is 19.7 Å². The fourth-order valence-corrected chi connectivity index (χ4v) is 3.67. The Bertz CT molecular complexity index is 780. The summed E-state index contributed by atoms with van der Waals surface area (Å²) in [6.45, 7) is 6.34. The first-order valence-corrected chi connectivity index (χ1v) is 9.65. The van der Waals surface area contributed by atoms with E-state index in [-0.39, 0.29) is 5.82 Å². The minimum absolute atomic E-state index is 0.174. The Morgan fingerprint density at radius 1 is 1.08 bits per heavy atom. The molecule has 1 aliphatic rings. The second-order valence-electron chi connectivity index (χ2n) is 6.80. The summed E-state index contributed by atoms with van der Waals surface area (Å²) >= 11 is 3.26. The number of hydrogen-bond donors (Lipinski definition) is 0. The first-order chi connectivity index (χ1) is 12.0. The summed E-state index contributed by atoms with van der Waals surface area (Å²) in [5.74, 6) is -0.174. The van der Waals surface area contributed by atoms with Gasteiger partial charge in [-0.1, -0.05) is 18.2 Å². The summed E-state index contributed by atoms with van der Waals surface area (Å²) in [6, 6.07) is 9.70. The van der Waals surface area contributed by atoms with Gasteiger partial charge in [0.1, 0.15) is 5.82 Å². The zero-order valence-electron chi connectivity index (χ0n) is 14.9. The molecule has 0 amide bonds. The molecule has 2 aromatic carbocycles. The van der Waals surface area contributed by atoms with E-state index in [0.29, 0.717) is 16.5 Å². The van der Waals surface area contributed by atoms with E-state index < -0.39 is 0 Å². The van der Waals surface area contributed by atoms with Crippen LogP contribution in [0.1, 0.15) is 41.5 Å². The van der Waals surface area contributed by atoms with Crippen molar-refractivity contribution in [2.45, 2.75) is 39.5 Å². The lowest BCUT2D eigenvalue weighted by atomic mass is 9.97. The van der Waals surface area contributed by atoms with Crippen LogP contribution in [0.25, 0.3) is 0 Å². The van der Waals surface area contributed by atoms with Crippen molar-refractivity contribution in [3.8, 4) is 0 Å². The smallest absolute Gasteiger partial charge is 0.140 e. The lowest BCUT2D eigenvalue weighted by molar-refractivity contribution is 0.351. The molecule has 0 aliphatic carbocycles. The summed E-state index contributed by atoms with van der Waals surface area (Å²) in [5, 5.41) is 0. The maximum Gasteiger partial charge on any atom is 0.140 e. The number of benzene rings is 2. The molecule has 1 fully saturated rings. The van der Waals surface area contributed by atoms with Crippen molar-refractivity contribution in [2.24, 2.45) is 4.99 Å². The zero-order chi connectivity index (χ0) is 17.8. The van der Waals surface area contributed by atoms with Gasteiger partial charge in [0.25, 0.3) is 0 Å². The molecule has 0 aromatic heterocycles. The highest BCUT2D eigenvalue weighted by Gasteiger charge is 2.11. The average molecular weight is 403 g/mol. The SMILES string of the molecule is Cc1cc(N=CN2CCCCC2)c(C)cc1Cc1cccc(Br)c1F. The molecule has 0 saturated carbocycles. The van der Waals surface area contributed by atoms with Crippen molar-refractivity contribution < 1.29 is 4.39 Å². The van der Waals surface area contributed by atoms with Crippen molar-refractivity contribution in [2.75, 3.05) is 13.1 Å². The van der Waals surface area contributed by atoms with E-state index in [9.17, 15) is 4.39 Å². The Kier molecular flexibility index (Phi) is 5.89. The van der Waals surface area contributed by atoms with E-state index in [4.69, 9.17) is 0 Å². The van der Waals surface area contributed by atoms with Crippen molar-refractivity contribution in [3.63, 3.8) is 0 Å². The Morgan fingerprint density at radius 3 is 2.60 bits per heavy atom. The molecular formula is C21H24BrFN2. The van der Waals surface area contributed by atoms with Gasteiger partial charge in [-0.25, -0.2) is 9.38 Å². The maximum absolute atomic E-state index is 14.2. The summed E-state index contributed by atoms with van der Waals surface area (Å²) < 4.78 is 14.8. The van der Waals surface area contributed by atoms with Gasteiger partial charge in [-0.05, 0) is 83.4 Å². The van der Waals surface area contributed by atoms with Crippen LogP contribution in [0.15, 0.2) is 39.8 Å². The number of halogens is 2. The van der Waals surface area contributed by atoms with Gasteiger partial charge in [0.2, 0.25) is 0 Å². The number of nitrogens with zero attached hydrogens (tertiary/aromatic N) is 2. The van der Waals surface area contributed by atoms with E-state index in [0.717, 1.165) is 35.5 Å². The molecule has 0 atom stereocenters. The number of likely N-dealkylation sites (tertiary alicyclic amines) is 1. The zero-order valence-corrected chi connectivity index (χ0v) is 16.4. The molecule has 2 nitrogen and oxygen atoms in total. The van der Waals surface area contributed by atoms with Crippen molar-refractivity contribution in [3.05, 3.63) is 62.9 Å². The molecular weight excluding hydrogens is 379 g/mol. The van der Waals surface area contributed by atoms with Crippen molar-refractivity contribution in [1.82, 2.24) is 4.90 Å². The fraction of sp³-hybridized carbons (Fsp3) is 0.381. The lowest BCUT2D eigenvalue weighted by Crippen LogP contribution is -2.28. The van der Waals surface area contributed by atoms with Gasteiger partial charge in [-0.3, -0.25) is 0 Å². The molecule has 0 radical (unpaired) electrons. The number of piperidine rings is 1. The lowest BCUT2D eigenvalue weighted by Gasteiger charge is -2.24. The van der Waals surface area contributed by atoms with Crippen LogP contribution in [-0.4, -0.2) is 24.3 Å². The number of aliphatic imine (C=N–C) groups is 1. The minimum Gasteiger partial charge on any atom is -0.363 e. The Morgan fingerprint density at radius 2 is 1.84 bits per heavy atom. The molecule has 0 N–H and O–H groups in total. The molecule has 0 bridgehead atoms. The first-order valence-electron chi connectivity index (χ1n) is 8.86. The summed E-state index contributed by atoms with van der Waals surface area (Å²) in [7, 11) is 0. The minimum atomic E-state index is -0.174. The fourth-order valence-electron chi connectivity index (χ4n) is 3.26. The largest absolute Gasteiger partial charge is 0.363 e. The molecule has 25 heavy (non-hydrogen) atoms. The van der Waals surface area contributed by atoms with Crippen LogP contribution >= 0.6 is 15.9 Å². The second kappa shape index (κ2) is 8.13. The molecule has 1 aliphatic heterocycles. The van der Waals surface area contributed by atoms with Crippen LogP contribution in [-0.2, 0) is 6.42 Å². The number of rotatable bonds is 4. The summed E-state index contributed by atoms with van der Waals surface area (Å²) in [5.41, 5.74) is 5.13. The summed E-state index contributed by atoms with van der Waals surface area (Å²) in [6.07, 6.45) is 6.40. The molecule has 0 spiro atoms. The van der Waals surface area contributed by atoms with E-state index in [1.165, 1.54) is 19.3 Å². The number of aryl methyl sites for hydroxylation is 2. The Hall–Kier alpha value is -1.68. The first kappa shape index (κ1) is 18.1. The highest BCUT2D eigenvalue weighted by Crippen LogP contribution is 2.27. The highest BCUT2D eigenvalue weighted by molar-refractivity contribution is 9.10. The van der Waals surface area contributed by atoms with E-state index >= 15 is 0 Å². The van der Waals surface area contributed by atoms with Crippen molar-refractivity contribution in [1.29, 1.82) is 0 Å². The van der Waals surface area contributed by atoms with Gasteiger partial charge in [0, 0.05) is 19.5 Å². The predicted octanol–water partition coefficient (Wildman–Crippen LogP) is 5.94. The van der Waals surface area contributed by atoms with Crippen LogP contribution in [0.5, 0.6) is 0 Å². The standard InChI is InChI=1S/C21H24BrFN2/c1-15-12-20(24-14-25-9-4-3-5-10-25)16(2)11-18(15)13-17-7-6-8-19(22)21(17)23/h6-8,11-12,14H,3-5,9-10,13H2,1-2H3. The number of hydrogen-bond acceptors (Lipinski definition) is 1. The van der Waals surface area contributed by atoms with Crippen molar-refractivity contribution >= 4 is 28.0 Å². The monoisotopic (exact) mass is 402 g/mol. The highest BCUT2D eigenvalue weighted by atomic mass is 79.9. The molecule has 2 aromatic rings. The third-order valence-electron chi connectivity index (χ3n) is 4.82. The molecule has 4 heteroatoms. The van der Waals surface area contributed by atoms with Crippen LogP contribution in [0.3, 0.4) is 0 Å². The Balaban J connectivity index is 1.80. The van der Waals surface area contributed by atoms with E-state index in [1.807, 2.05) is 18.5 Å². The second-order valence-corrected chi connectivity index (χ2v) is 7.65. The quantitative estimate of drug-likeness (QED) is 0.456. The predicted molar refractivity (Wildman–Crippen MR) is 106 cm³/mol. The van der Waals surface area contributed by atoms with Gasteiger partial charge in [0.15, 0.2) is 0 Å². The molecule has 132 valence electrons. The topological polar surface area (TPSA) is 15.6 Å². The van der Waals surface area contributed by atoms with Crippen LogP contribution in [0.2, 0.25) is 0 Å². The van der Waals surface area contributed by atoms with Gasteiger partial charge in [-0.2, -0.15) is 0 Å². The van der Waals surface area contributed by atoms with Crippen LogP contribution < -0.4 is 0 Å². The molecule has 3 rings (SSSR count). The third kappa shape index (κ3) is 4.49. The van der Waals surface area contributed by atoms with Gasteiger partial charge < -0.3 is 4.90 Å². The summed E-state index contributed by atoms with van der Waals surface area (Å²) in [4.78, 5) is 6.98. The molecule has 1 heterocycles. The van der Waals surface area contributed by atoms with Gasteiger partial charge in [-0.15, -0.1) is 0 Å². The van der Waals surface area contributed by atoms with Crippen LogP contribution in [0.4, 0.5) is 10.1 Å². The van der Waals surface area contributed by atoms with E-state index in [1.54, 1.807) is 6.07 Å². The van der Waals surface area contributed by atoms with E-state index in [2.05, 4.69) is 51.8 Å². The third-order valence-corrected chi connectivity index (χ3v) is 5.43. The Labute approximate surface area is 157 Å². The molecule has 1 saturated heterocycles.